The minimum atomic E-state index is -0.0389. The van der Waals surface area contributed by atoms with E-state index in [1.54, 1.807) is 12.3 Å². The number of aromatic nitrogens is 1. The number of hydrogen-bond acceptors (Lipinski definition) is 4. The minimum absolute atomic E-state index is 0.0389. The Hall–Kier alpha value is -2.71. The lowest BCUT2D eigenvalue weighted by molar-refractivity contribution is 0.0620. The molecule has 1 amide bonds. The molecule has 4 heterocycles. The predicted molar refractivity (Wildman–Crippen MR) is 94.8 cm³/mol. The van der Waals surface area contributed by atoms with Crippen LogP contribution in [0.5, 0.6) is 0 Å². The molecule has 5 nitrogen and oxygen atoms in total. The van der Waals surface area contributed by atoms with Crippen molar-refractivity contribution in [1.82, 2.24) is 15.2 Å². The van der Waals surface area contributed by atoms with Crippen molar-refractivity contribution in [2.45, 2.75) is 18.9 Å². The molecule has 0 radical (unpaired) electrons. The third-order valence-corrected chi connectivity index (χ3v) is 5.32. The maximum absolute atomic E-state index is 12.7. The number of rotatable bonds is 3. The summed E-state index contributed by atoms with van der Waals surface area (Å²) in [6, 6.07) is 13.4. The van der Waals surface area contributed by atoms with Crippen LogP contribution in [0.3, 0.4) is 0 Å². The number of amides is 1. The van der Waals surface area contributed by atoms with E-state index < -0.39 is 0 Å². The molecule has 2 aromatic rings. The van der Waals surface area contributed by atoms with Crippen LogP contribution in [0.25, 0.3) is 11.1 Å². The Morgan fingerprint density at radius 2 is 2.08 bits per heavy atom. The molecule has 1 aromatic heterocycles. The summed E-state index contributed by atoms with van der Waals surface area (Å²) in [5, 5.41) is 12.5. The number of nitrogens with one attached hydrogen (secondary N) is 1. The average Bonchev–Trinajstić information content (AvgIpc) is 2.69. The van der Waals surface area contributed by atoms with Crippen LogP contribution in [0.2, 0.25) is 0 Å². The van der Waals surface area contributed by atoms with Crippen LogP contribution < -0.4 is 5.32 Å². The van der Waals surface area contributed by atoms with Gasteiger partial charge in [-0.05, 0) is 61.7 Å². The number of hydrogen-bond donors (Lipinski definition) is 1. The number of fused-ring (bicyclic) bond motifs is 3. The molecule has 0 saturated carbocycles. The van der Waals surface area contributed by atoms with E-state index >= 15 is 0 Å². The number of carbonyl (C=O) groups excluding carboxylic acids is 1. The monoisotopic (exact) mass is 332 g/mol. The second kappa shape index (κ2) is 6.66. The highest BCUT2D eigenvalue weighted by Crippen LogP contribution is 2.28. The molecule has 3 fully saturated rings. The molecule has 1 aromatic carbocycles. The number of nitriles is 1. The lowest BCUT2D eigenvalue weighted by Gasteiger charge is -2.44. The van der Waals surface area contributed by atoms with Gasteiger partial charge in [0, 0.05) is 29.9 Å². The van der Waals surface area contributed by atoms with Gasteiger partial charge in [-0.15, -0.1) is 0 Å². The third-order valence-electron chi connectivity index (χ3n) is 5.32. The van der Waals surface area contributed by atoms with Crippen LogP contribution in [-0.2, 0) is 0 Å². The molecule has 1 atom stereocenters. The average molecular weight is 332 g/mol. The standard InChI is InChI=1S/C20H20N4O/c21-12-18-17(5-2-8-22-18)15-3-1-4-16(11-15)20(25)23-19-13-24-9-6-14(19)7-10-24/h1-5,8,11,14,19H,6-7,9-10,13H2,(H,23,25)/t19-/m0/s1. The van der Waals surface area contributed by atoms with Gasteiger partial charge in [-0.25, -0.2) is 4.98 Å². The van der Waals surface area contributed by atoms with Crippen molar-refractivity contribution in [2.24, 2.45) is 5.92 Å². The number of piperidine rings is 3. The van der Waals surface area contributed by atoms with Gasteiger partial charge in [0.15, 0.2) is 0 Å². The third kappa shape index (κ3) is 3.13. The SMILES string of the molecule is N#Cc1ncccc1-c1cccc(C(=O)N[C@H]2CN3CCC2CC3)c1. The van der Waals surface area contributed by atoms with Crippen molar-refractivity contribution in [3.8, 4) is 17.2 Å². The topological polar surface area (TPSA) is 69.0 Å². The van der Waals surface area contributed by atoms with E-state index in [1.165, 1.54) is 12.8 Å². The summed E-state index contributed by atoms with van der Waals surface area (Å²) < 4.78 is 0. The molecule has 0 unspecified atom stereocenters. The van der Waals surface area contributed by atoms with E-state index in [-0.39, 0.29) is 11.9 Å². The van der Waals surface area contributed by atoms with Crippen molar-refractivity contribution in [3.05, 3.63) is 53.9 Å². The highest BCUT2D eigenvalue weighted by Gasteiger charge is 2.34. The van der Waals surface area contributed by atoms with Gasteiger partial charge in [-0.2, -0.15) is 5.26 Å². The highest BCUT2D eigenvalue weighted by molar-refractivity contribution is 5.95. The second-order valence-corrected chi connectivity index (χ2v) is 6.81. The zero-order valence-corrected chi connectivity index (χ0v) is 14.0. The van der Waals surface area contributed by atoms with Gasteiger partial charge in [-0.3, -0.25) is 4.79 Å². The Labute approximate surface area is 147 Å². The van der Waals surface area contributed by atoms with Crippen LogP contribution in [0.4, 0.5) is 0 Å². The molecule has 3 aliphatic heterocycles. The summed E-state index contributed by atoms with van der Waals surface area (Å²) in [7, 11) is 0. The molecule has 1 N–H and O–H groups in total. The van der Waals surface area contributed by atoms with E-state index in [9.17, 15) is 10.1 Å². The molecule has 0 spiro atoms. The lowest BCUT2D eigenvalue weighted by atomic mass is 9.84. The first-order valence-corrected chi connectivity index (χ1v) is 8.73. The summed E-state index contributed by atoms with van der Waals surface area (Å²) in [5.41, 5.74) is 2.59. The first-order chi connectivity index (χ1) is 12.2. The summed E-state index contributed by atoms with van der Waals surface area (Å²) in [6.07, 6.45) is 3.95. The maximum Gasteiger partial charge on any atom is 0.251 e. The van der Waals surface area contributed by atoms with Gasteiger partial charge in [0.2, 0.25) is 0 Å². The molecule has 3 aliphatic rings. The minimum Gasteiger partial charge on any atom is -0.348 e. The Kier molecular flexibility index (Phi) is 4.21. The molecule has 126 valence electrons. The highest BCUT2D eigenvalue weighted by atomic mass is 16.1. The Morgan fingerprint density at radius 3 is 2.80 bits per heavy atom. The Bertz CT molecular complexity index is 834. The smallest absolute Gasteiger partial charge is 0.251 e. The zero-order valence-electron chi connectivity index (χ0n) is 14.0. The van der Waals surface area contributed by atoms with Gasteiger partial charge in [0.25, 0.3) is 5.91 Å². The van der Waals surface area contributed by atoms with Crippen molar-refractivity contribution in [3.63, 3.8) is 0 Å². The Balaban J connectivity index is 1.55. The molecule has 0 aliphatic carbocycles. The van der Waals surface area contributed by atoms with Gasteiger partial charge in [0.05, 0.1) is 0 Å². The van der Waals surface area contributed by atoms with Gasteiger partial charge < -0.3 is 10.2 Å². The first-order valence-electron chi connectivity index (χ1n) is 8.73. The summed E-state index contributed by atoms with van der Waals surface area (Å²) in [4.78, 5) is 19.2. The predicted octanol–water partition coefficient (Wildman–Crippen LogP) is 2.44. The van der Waals surface area contributed by atoms with E-state index in [0.29, 0.717) is 17.2 Å². The lowest BCUT2D eigenvalue weighted by Crippen LogP contribution is -2.57. The van der Waals surface area contributed by atoms with Crippen molar-refractivity contribution in [1.29, 1.82) is 5.26 Å². The molecule has 25 heavy (non-hydrogen) atoms. The van der Waals surface area contributed by atoms with Gasteiger partial charge in [-0.1, -0.05) is 12.1 Å². The summed E-state index contributed by atoms with van der Waals surface area (Å²) in [5.74, 6) is 0.559. The van der Waals surface area contributed by atoms with Crippen LogP contribution in [-0.4, -0.2) is 41.5 Å². The van der Waals surface area contributed by atoms with Crippen LogP contribution >= 0.6 is 0 Å². The molecule has 2 bridgehead atoms. The molecule has 3 saturated heterocycles. The van der Waals surface area contributed by atoms with Crippen LogP contribution in [0.15, 0.2) is 42.6 Å². The quantitative estimate of drug-likeness (QED) is 0.937. The largest absolute Gasteiger partial charge is 0.348 e. The Morgan fingerprint density at radius 1 is 1.24 bits per heavy atom. The van der Waals surface area contributed by atoms with Crippen molar-refractivity contribution >= 4 is 5.91 Å². The zero-order chi connectivity index (χ0) is 17.2. The first kappa shape index (κ1) is 15.8. The number of pyridine rings is 1. The number of benzene rings is 1. The maximum atomic E-state index is 12.7. The second-order valence-electron chi connectivity index (χ2n) is 6.81. The number of carbonyl (C=O) groups is 1. The molecular weight excluding hydrogens is 312 g/mol. The normalized spacial score (nSPS) is 24.5. The fourth-order valence-corrected chi connectivity index (χ4v) is 3.94. The van der Waals surface area contributed by atoms with E-state index in [4.69, 9.17) is 0 Å². The summed E-state index contributed by atoms with van der Waals surface area (Å²) in [6.45, 7) is 3.27. The van der Waals surface area contributed by atoms with E-state index in [0.717, 1.165) is 30.8 Å². The van der Waals surface area contributed by atoms with Crippen molar-refractivity contribution < 1.29 is 4.79 Å². The molecular formula is C20H20N4O. The number of nitrogens with zero attached hydrogens (tertiary/aromatic N) is 3. The molecule has 5 heteroatoms. The molecule has 5 rings (SSSR count). The van der Waals surface area contributed by atoms with E-state index in [1.807, 2.05) is 30.3 Å². The van der Waals surface area contributed by atoms with Gasteiger partial charge in [0.1, 0.15) is 11.8 Å². The summed E-state index contributed by atoms with van der Waals surface area (Å²) >= 11 is 0. The fraction of sp³-hybridized carbons (Fsp3) is 0.350. The van der Waals surface area contributed by atoms with E-state index in [2.05, 4.69) is 21.3 Å². The van der Waals surface area contributed by atoms with Crippen LogP contribution in [0.1, 0.15) is 28.9 Å². The van der Waals surface area contributed by atoms with Crippen LogP contribution in [0, 0.1) is 17.2 Å². The van der Waals surface area contributed by atoms with Gasteiger partial charge >= 0.3 is 0 Å². The van der Waals surface area contributed by atoms with Crippen molar-refractivity contribution in [2.75, 3.05) is 19.6 Å². The fourth-order valence-electron chi connectivity index (χ4n) is 3.94.